The lowest BCUT2D eigenvalue weighted by Crippen LogP contribution is -2.34. The van der Waals surface area contributed by atoms with Crippen LogP contribution in [0.25, 0.3) is 10.2 Å². The van der Waals surface area contributed by atoms with Gasteiger partial charge in [0.2, 0.25) is 5.91 Å². The smallest absolute Gasteiger partial charge is 0.263 e. The van der Waals surface area contributed by atoms with Crippen molar-refractivity contribution < 1.29 is 9.53 Å². The molecule has 0 unspecified atom stereocenters. The fourth-order valence-electron chi connectivity index (χ4n) is 3.63. The molecule has 0 saturated carbocycles. The first-order valence-electron chi connectivity index (χ1n) is 10.6. The van der Waals surface area contributed by atoms with Gasteiger partial charge in [-0.15, -0.1) is 11.3 Å². The summed E-state index contributed by atoms with van der Waals surface area (Å²) < 4.78 is 6.73. The summed E-state index contributed by atoms with van der Waals surface area (Å²) in [6.07, 6.45) is 1.22. The van der Waals surface area contributed by atoms with E-state index in [0.29, 0.717) is 33.2 Å². The molecule has 1 atom stereocenters. The zero-order chi connectivity index (χ0) is 23.5. The number of benzene rings is 2. The summed E-state index contributed by atoms with van der Waals surface area (Å²) in [6.45, 7) is 3.74. The maximum Gasteiger partial charge on any atom is 0.263 e. The van der Waals surface area contributed by atoms with Gasteiger partial charge in [-0.1, -0.05) is 42.8 Å². The molecular weight excluding hydrogens is 458 g/mol. The summed E-state index contributed by atoms with van der Waals surface area (Å²) in [4.78, 5) is 33.3. The molecule has 2 heterocycles. The summed E-state index contributed by atoms with van der Waals surface area (Å²) in [7, 11) is 1.61. The van der Waals surface area contributed by atoms with Gasteiger partial charge in [-0.2, -0.15) is 0 Å². The zero-order valence-corrected chi connectivity index (χ0v) is 20.2. The zero-order valence-electron chi connectivity index (χ0n) is 18.6. The first-order valence-corrected chi connectivity index (χ1v) is 11.8. The number of fused-ring (bicyclic) bond motifs is 1. The molecule has 0 fully saturated rings. The number of ether oxygens (including phenoxy) is 1. The highest BCUT2D eigenvalue weighted by Crippen LogP contribution is 2.26. The molecule has 4 aromatic rings. The van der Waals surface area contributed by atoms with E-state index in [1.807, 2.05) is 37.3 Å². The van der Waals surface area contributed by atoms with Gasteiger partial charge in [-0.25, -0.2) is 4.98 Å². The molecule has 0 aliphatic rings. The molecule has 1 N–H and O–H groups in total. The summed E-state index contributed by atoms with van der Waals surface area (Å²) in [5, 5.41) is 3.80. The summed E-state index contributed by atoms with van der Waals surface area (Å²) in [5.41, 5.74) is 1.24. The molecule has 0 spiro atoms. The molecule has 0 radical (unpaired) electrons. The molecule has 0 aliphatic carbocycles. The molecule has 1 amide bonds. The van der Waals surface area contributed by atoms with Crippen molar-refractivity contribution in [3.63, 3.8) is 0 Å². The molecular formula is C25H24ClN3O3S. The molecule has 0 bridgehead atoms. The molecule has 4 rings (SSSR count). The first kappa shape index (κ1) is 23.0. The fraction of sp³-hybridized carbons (Fsp3) is 0.240. The summed E-state index contributed by atoms with van der Waals surface area (Å²) >= 11 is 7.72. The topological polar surface area (TPSA) is 73.2 Å². The number of rotatable bonds is 7. The Morgan fingerprint density at radius 1 is 1.21 bits per heavy atom. The number of carbonyl (C=O) groups is 1. The number of nitrogens with zero attached hydrogens (tertiary/aromatic N) is 2. The molecule has 6 nitrogen and oxygen atoms in total. The Bertz CT molecular complexity index is 1360. The lowest BCUT2D eigenvalue weighted by atomic mass is 10.1. The van der Waals surface area contributed by atoms with Crippen LogP contribution in [0.4, 0.5) is 5.69 Å². The van der Waals surface area contributed by atoms with E-state index < -0.39 is 6.04 Å². The van der Waals surface area contributed by atoms with Crippen LogP contribution < -0.4 is 15.6 Å². The molecule has 2 aromatic carbocycles. The molecule has 170 valence electrons. The van der Waals surface area contributed by atoms with Gasteiger partial charge in [-0.3, -0.25) is 14.2 Å². The second-order valence-electron chi connectivity index (χ2n) is 7.66. The van der Waals surface area contributed by atoms with Crippen molar-refractivity contribution in [2.45, 2.75) is 32.7 Å². The van der Waals surface area contributed by atoms with E-state index in [0.717, 1.165) is 22.6 Å². The molecule has 8 heteroatoms. The van der Waals surface area contributed by atoms with Crippen molar-refractivity contribution in [1.82, 2.24) is 9.55 Å². The highest BCUT2D eigenvalue weighted by Gasteiger charge is 2.23. The normalized spacial score (nSPS) is 12.0. The van der Waals surface area contributed by atoms with Gasteiger partial charge >= 0.3 is 0 Å². The Balaban J connectivity index is 1.77. The van der Waals surface area contributed by atoms with E-state index >= 15 is 0 Å². The van der Waals surface area contributed by atoms with Crippen LogP contribution in [0.3, 0.4) is 0 Å². The van der Waals surface area contributed by atoms with Crippen molar-refractivity contribution >= 4 is 44.7 Å². The second kappa shape index (κ2) is 9.77. The monoisotopic (exact) mass is 481 g/mol. The van der Waals surface area contributed by atoms with Crippen LogP contribution in [-0.2, 0) is 17.6 Å². The average Bonchev–Trinajstić information content (AvgIpc) is 3.24. The lowest BCUT2D eigenvalue weighted by molar-refractivity contribution is -0.118. The van der Waals surface area contributed by atoms with Gasteiger partial charge in [0.1, 0.15) is 22.4 Å². The number of hydrogen-bond acceptors (Lipinski definition) is 5. The Labute approximate surface area is 200 Å². The quantitative estimate of drug-likeness (QED) is 0.379. The Hall–Kier alpha value is -3.16. The van der Waals surface area contributed by atoms with Gasteiger partial charge in [0.05, 0.1) is 23.2 Å². The van der Waals surface area contributed by atoms with Crippen LogP contribution in [0.1, 0.15) is 36.2 Å². The fourth-order valence-corrected chi connectivity index (χ4v) is 4.79. The molecule has 2 aromatic heterocycles. The van der Waals surface area contributed by atoms with Crippen LogP contribution in [0, 0.1) is 0 Å². The van der Waals surface area contributed by atoms with Crippen LogP contribution >= 0.6 is 22.9 Å². The third-order valence-corrected chi connectivity index (χ3v) is 6.99. The number of nitrogens with one attached hydrogen (secondary N) is 1. The van der Waals surface area contributed by atoms with Crippen molar-refractivity contribution in [2.24, 2.45) is 0 Å². The number of anilines is 1. The van der Waals surface area contributed by atoms with Crippen LogP contribution in [0.5, 0.6) is 5.75 Å². The Morgan fingerprint density at radius 2 is 1.94 bits per heavy atom. The summed E-state index contributed by atoms with van der Waals surface area (Å²) in [5.74, 6) is 0.940. The van der Waals surface area contributed by atoms with Crippen LogP contribution in [0.2, 0.25) is 5.02 Å². The van der Waals surface area contributed by atoms with E-state index in [2.05, 4.69) is 5.32 Å². The van der Waals surface area contributed by atoms with Gasteiger partial charge < -0.3 is 10.1 Å². The minimum absolute atomic E-state index is 0.221. The van der Waals surface area contributed by atoms with Gasteiger partial charge in [0, 0.05) is 11.3 Å². The highest BCUT2D eigenvalue weighted by molar-refractivity contribution is 7.18. The minimum Gasteiger partial charge on any atom is -0.497 e. The van der Waals surface area contributed by atoms with E-state index in [-0.39, 0.29) is 11.5 Å². The van der Waals surface area contributed by atoms with Crippen molar-refractivity contribution in [3.8, 4) is 5.75 Å². The van der Waals surface area contributed by atoms with E-state index in [4.69, 9.17) is 21.3 Å². The van der Waals surface area contributed by atoms with Crippen LogP contribution in [-0.4, -0.2) is 22.6 Å². The van der Waals surface area contributed by atoms with E-state index in [1.54, 1.807) is 38.3 Å². The Kier molecular flexibility index (Phi) is 6.81. The van der Waals surface area contributed by atoms with Crippen molar-refractivity contribution in [3.05, 3.63) is 86.2 Å². The third-order valence-electron chi connectivity index (χ3n) is 5.49. The highest BCUT2D eigenvalue weighted by atomic mass is 35.5. The number of aromatic nitrogens is 2. The summed E-state index contributed by atoms with van der Waals surface area (Å²) in [6, 6.07) is 15.7. The van der Waals surface area contributed by atoms with Crippen molar-refractivity contribution in [2.75, 3.05) is 12.4 Å². The predicted molar refractivity (Wildman–Crippen MR) is 134 cm³/mol. The SMILES string of the molecule is CCc1cc2c(=O)n([C@H](C)C(=O)Nc3ccccc3Cl)c(Cc3ccc(OC)cc3)nc2s1. The number of aryl methyl sites for hydroxylation is 1. The van der Waals surface area contributed by atoms with Crippen molar-refractivity contribution in [1.29, 1.82) is 0 Å². The van der Waals surface area contributed by atoms with Gasteiger partial charge in [-0.05, 0) is 49.2 Å². The number of para-hydroxylation sites is 1. The maximum absolute atomic E-state index is 13.5. The number of halogens is 1. The van der Waals surface area contributed by atoms with Gasteiger partial charge in [0.15, 0.2) is 0 Å². The maximum atomic E-state index is 13.5. The lowest BCUT2D eigenvalue weighted by Gasteiger charge is -2.19. The van der Waals surface area contributed by atoms with Gasteiger partial charge in [0.25, 0.3) is 5.56 Å². The number of hydrogen-bond donors (Lipinski definition) is 1. The number of amides is 1. The molecule has 0 saturated heterocycles. The van der Waals surface area contributed by atoms with Crippen LogP contribution in [0.15, 0.2) is 59.4 Å². The minimum atomic E-state index is -0.788. The van der Waals surface area contributed by atoms with E-state index in [9.17, 15) is 9.59 Å². The standard InChI is InChI=1S/C25H24ClN3O3S/c1-4-18-14-19-24(33-18)28-22(13-16-9-11-17(32-3)12-10-16)29(25(19)31)15(2)23(30)27-21-8-6-5-7-20(21)26/h5-12,14-15H,4,13H2,1-3H3,(H,27,30)/t15-/m1/s1. The molecule has 0 aliphatic heterocycles. The third kappa shape index (κ3) is 4.79. The Morgan fingerprint density at radius 3 is 2.61 bits per heavy atom. The van der Waals surface area contributed by atoms with E-state index in [1.165, 1.54) is 15.9 Å². The second-order valence-corrected chi connectivity index (χ2v) is 9.18. The largest absolute Gasteiger partial charge is 0.497 e. The first-order chi connectivity index (χ1) is 15.9. The number of thiophene rings is 1. The molecule has 33 heavy (non-hydrogen) atoms. The number of carbonyl (C=O) groups excluding carboxylic acids is 1. The number of methoxy groups -OCH3 is 1. The predicted octanol–water partition coefficient (Wildman–Crippen LogP) is 5.47. The average molecular weight is 482 g/mol.